The third kappa shape index (κ3) is 3.01. The van der Waals surface area contributed by atoms with Gasteiger partial charge in [0.25, 0.3) is 11.7 Å². The van der Waals surface area contributed by atoms with E-state index in [4.69, 9.17) is 0 Å². The van der Waals surface area contributed by atoms with Crippen LogP contribution in [0.3, 0.4) is 0 Å². The van der Waals surface area contributed by atoms with Gasteiger partial charge in [-0.15, -0.1) is 0 Å². The van der Waals surface area contributed by atoms with E-state index in [0.29, 0.717) is 23.4 Å². The fourth-order valence-electron chi connectivity index (χ4n) is 3.54. The highest BCUT2D eigenvalue weighted by Gasteiger charge is 2.42. The molecule has 5 nitrogen and oxygen atoms in total. The number of amides is 2. The Bertz CT molecular complexity index is 897. The van der Waals surface area contributed by atoms with E-state index in [-0.39, 0.29) is 5.91 Å². The maximum absolute atomic E-state index is 12.9. The van der Waals surface area contributed by atoms with E-state index in [2.05, 4.69) is 5.32 Å². The molecule has 0 radical (unpaired) electrons. The van der Waals surface area contributed by atoms with Gasteiger partial charge in [0.1, 0.15) is 6.04 Å². The second-order valence-corrected chi connectivity index (χ2v) is 6.77. The summed E-state index contributed by atoms with van der Waals surface area (Å²) in [5.41, 5.74) is 4.50. The lowest BCUT2D eigenvalue weighted by Gasteiger charge is -2.27. The van der Waals surface area contributed by atoms with Crippen molar-refractivity contribution in [2.45, 2.75) is 40.2 Å². The summed E-state index contributed by atoms with van der Waals surface area (Å²) in [5.74, 6) is -1.49. The third-order valence-electron chi connectivity index (χ3n) is 4.63. The van der Waals surface area contributed by atoms with E-state index in [0.717, 1.165) is 16.7 Å². The minimum atomic E-state index is -0.741. The van der Waals surface area contributed by atoms with Crippen LogP contribution in [0.25, 0.3) is 0 Å². The summed E-state index contributed by atoms with van der Waals surface area (Å²) in [6.07, 6.45) is 0.406. The van der Waals surface area contributed by atoms with Crippen molar-refractivity contribution in [2.24, 2.45) is 0 Å². The predicted molar refractivity (Wildman–Crippen MR) is 102 cm³/mol. The molecular weight excluding hydrogens is 328 g/mol. The van der Waals surface area contributed by atoms with Crippen LogP contribution >= 0.6 is 0 Å². The molecule has 2 amide bonds. The Morgan fingerprint density at radius 2 is 1.73 bits per heavy atom. The number of hydrogen-bond acceptors (Lipinski definition) is 3. The largest absolute Gasteiger partial charge is 0.324 e. The number of nitrogens with one attached hydrogen (secondary N) is 1. The number of aryl methyl sites for hydroxylation is 3. The molecule has 1 unspecified atom stereocenters. The molecule has 0 spiro atoms. The smallest absolute Gasteiger partial charge is 0.300 e. The lowest BCUT2D eigenvalue weighted by atomic mass is 10.1. The number of anilines is 2. The van der Waals surface area contributed by atoms with Crippen molar-refractivity contribution in [3.8, 4) is 0 Å². The van der Waals surface area contributed by atoms with E-state index in [1.54, 1.807) is 12.1 Å². The molecular formula is C21H22N2O3. The van der Waals surface area contributed by atoms with Gasteiger partial charge in [0.05, 0.1) is 11.3 Å². The van der Waals surface area contributed by atoms with E-state index in [1.807, 2.05) is 52.0 Å². The summed E-state index contributed by atoms with van der Waals surface area (Å²) >= 11 is 0. The maximum atomic E-state index is 12.9. The maximum Gasteiger partial charge on any atom is 0.300 e. The van der Waals surface area contributed by atoms with E-state index in [1.165, 1.54) is 4.90 Å². The number of benzene rings is 2. The van der Waals surface area contributed by atoms with Crippen LogP contribution in [0.5, 0.6) is 0 Å². The molecule has 0 aliphatic carbocycles. The minimum Gasteiger partial charge on any atom is -0.324 e. The molecule has 134 valence electrons. The van der Waals surface area contributed by atoms with Gasteiger partial charge in [-0.25, -0.2) is 0 Å². The van der Waals surface area contributed by atoms with Crippen LogP contribution in [0.15, 0.2) is 36.4 Å². The van der Waals surface area contributed by atoms with Crippen LogP contribution in [0, 0.1) is 20.8 Å². The third-order valence-corrected chi connectivity index (χ3v) is 4.63. The Hall–Kier alpha value is -2.95. The van der Waals surface area contributed by atoms with Crippen LogP contribution in [-0.4, -0.2) is 23.6 Å². The molecule has 1 aliphatic rings. The molecule has 2 aromatic rings. The Morgan fingerprint density at radius 1 is 1.08 bits per heavy atom. The lowest BCUT2D eigenvalue weighted by Crippen LogP contribution is -2.46. The van der Waals surface area contributed by atoms with E-state index < -0.39 is 17.7 Å². The van der Waals surface area contributed by atoms with Crippen molar-refractivity contribution in [2.75, 3.05) is 10.2 Å². The molecule has 0 saturated carbocycles. The zero-order chi connectivity index (χ0) is 19.0. The molecule has 1 heterocycles. The fraction of sp³-hybridized carbons (Fsp3) is 0.286. The van der Waals surface area contributed by atoms with Gasteiger partial charge in [0.15, 0.2) is 0 Å². The first-order valence-corrected chi connectivity index (χ1v) is 8.70. The van der Waals surface area contributed by atoms with Crippen LogP contribution in [0.2, 0.25) is 0 Å². The van der Waals surface area contributed by atoms with Gasteiger partial charge >= 0.3 is 0 Å². The summed E-state index contributed by atoms with van der Waals surface area (Å²) in [4.78, 5) is 39.2. The van der Waals surface area contributed by atoms with Gasteiger partial charge in [-0.2, -0.15) is 0 Å². The van der Waals surface area contributed by atoms with Crippen molar-refractivity contribution >= 4 is 29.0 Å². The lowest BCUT2D eigenvalue weighted by molar-refractivity contribution is -0.121. The number of Topliss-reactive ketones (excluding diaryl/α,β-unsaturated/α-hetero) is 1. The molecule has 0 aromatic heterocycles. The first kappa shape index (κ1) is 17.9. The first-order chi connectivity index (χ1) is 12.3. The van der Waals surface area contributed by atoms with Crippen molar-refractivity contribution in [3.05, 3.63) is 58.7 Å². The van der Waals surface area contributed by atoms with Gasteiger partial charge in [-0.05, 0) is 62.1 Å². The highest BCUT2D eigenvalue weighted by atomic mass is 16.2. The highest BCUT2D eigenvalue weighted by Crippen LogP contribution is 2.34. The number of nitrogens with zero attached hydrogens (tertiary/aromatic N) is 1. The minimum absolute atomic E-state index is 0.297. The molecule has 1 N–H and O–H groups in total. The summed E-state index contributed by atoms with van der Waals surface area (Å²) in [5, 5.41) is 2.89. The van der Waals surface area contributed by atoms with Gasteiger partial charge in [0, 0.05) is 5.69 Å². The summed E-state index contributed by atoms with van der Waals surface area (Å²) in [6.45, 7) is 7.59. The van der Waals surface area contributed by atoms with Gasteiger partial charge < -0.3 is 5.32 Å². The van der Waals surface area contributed by atoms with Crippen molar-refractivity contribution < 1.29 is 14.4 Å². The highest BCUT2D eigenvalue weighted by molar-refractivity contribution is 6.53. The van der Waals surface area contributed by atoms with Crippen LogP contribution < -0.4 is 10.2 Å². The fourth-order valence-corrected chi connectivity index (χ4v) is 3.54. The predicted octanol–water partition coefficient (Wildman–Crippen LogP) is 3.56. The van der Waals surface area contributed by atoms with Gasteiger partial charge in [-0.3, -0.25) is 19.3 Å². The standard InChI is InChI=1S/C21H22N2O3/c1-5-17(20(25)22-15-10-12(2)9-13(3)11-15)23-18-14(4)7-6-8-16(18)19(24)21(23)26/h6-11,17H,5H2,1-4H3,(H,22,25). The Kier molecular flexibility index (Phi) is 4.64. The number of carbonyl (C=O) groups is 3. The number of carbonyl (C=O) groups excluding carboxylic acids is 3. The molecule has 0 fully saturated rings. The van der Waals surface area contributed by atoms with Crippen molar-refractivity contribution in [1.82, 2.24) is 0 Å². The summed E-state index contributed by atoms with van der Waals surface area (Å²) in [6, 6.07) is 10.3. The van der Waals surface area contributed by atoms with E-state index >= 15 is 0 Å². The molecule has 26 heavy (non-hydrogen) atoms. The number of rotatable bonds is 4. The monoisotopic (exact) mass is 350 g/mol. The molecule has 1 aliphatic heterocycles. The Labute approximate surface area is 153 Å². The average molecular weight is 350 g/mol. The quantitative estimate of drug-likeness (QED) is 0.858. The molecule has 0 saturated heterocycles. The normalized spacial score (nSPS) is 14.4. The molecule has 3 rings (SSSR count). The molecule has 1 atom stereocenters. The van der Waals surface area contributed by atoms with Crippen LogP contribution in [-0.2, 0) is 9.59 Å². The molecule has 0 bridgehead atoms. The second-order valence-electron chi connectivity index (χ2n) is 6.77. The molecule has 2 aromatic carbocycles. The average Bonchev–Trinajstić information content (AvgIpc) is 2.81. The SMILES string of the molecule is CCC(C(=O)Nc1cc(C)cc(C)c1)N1C(=O)C(=O)c2cccc(C)c21. The van der Waals surface area contributed by atoms with Crippen LogP contribution in [0.4, 0.5) is 11.4 Å². The van der Waals surface area contributed by atoms with Gasteiger partial charge in [-0.1, -0.05) is 25.1 Å². The van der Waals surface area contributed by atoms with E-state index in [9.17, 15) is 14.4 Å². The van der Waals surface area contributed by atoms with Gasteiger partial charge in [0.2, 0.25) is 5.91 Å². The first-order valence-electron chi connectivity index (χ1n) is 8.70. The zero-order valence-corrected chi connectivity index (χ0v) is 15.4. The number of fused-ring (bicyclic) bond motifs is 1. The molecule has 5 heteroatoms. The van der Waals surface area contributed by atoms with Crippen LogP contribution in [0.1, 0.15) is 40.4 Å². The number of hydrogen-bond donors (Lipinski definition) is 1. The second kappa shape index (κ2) is 6.75. The number of para-hydroxylation sites is 1. The Balaban J connectivity index is 1.95. The summed E-state index contributed by atoms with van der Waals surface area (Å²) < 4.78 is 0. The topological polar surface area (TPSA) is 66.5 Å². The van der Waals surface area contributed by atoms with Crippen molar-refractivity contribution in [1.29, 1.82) is 0 Å². The zero-order valence-electron chi connectivity index (χ0n) is 15.4. The summed E-state index contributed by atoms with van der Waals surface area (Å²) in [7, 11) is 0. The Morgan fingerprint density at radius 3 is 2.35 bits per heavy atom. The van der Waals surface area contributed by atoms with Crippen molar-refractivity contribution in [3.63, 3.8) is 0 Å². The number of ketones is 1.